The molecule has 0 aromatic carbocycles. The first-order valence-electron chi connectivity index (χ1n) is 7.71. The van der Waals surface area contributed by atoms with Gasteiger partial charge in [-0.2, -0.15) is 0 Å². The molecule has 6 nitrogen and oxygen atoms in total. The summed E-state index contributed by atoms with van der Waals surface area (Å²) < 4.78 is 5.28. The van der Waals surface area contributed by atoms with Crippen LogP contribution in [0.2, 0.25) is 0 Å². The van der Waals surface area contributed by atoms with E-state index >= 15 is 0 Å². The van der Waals surface area contributed by atoms with Crippen molar-refractivity contribution in [3.63, 3.8) is 0 Å². The Bertz CT molecular complexity index is 508. The number of nitrogens with zero attached hydrogens (tertiary/aromatic N) is 3. The fourth-order valence-electron chi connectivity index (χ4n) is 2.92. The van der Waals surface area contributed by atoms with Crippen LogP contribution in [0.15, 0.2) is 6.07 Å². The lowest BCUT2D eigenvalue weighted by Crippen LogP contribution is -2.41. The van der Waals surface area contributed by atoms with Crippen molar-refractivity contribution in [1.82, 2.24) is 14.9 Å². The zero-order valence-electron chi connectivity index (χ0n) is 12.5. The van der Waals surface area contributed by atoms with E-state index in [9.17, 15) is 4.79 Å². The molecule has 1 aliphatic carbocycles. The molecule has 3 rings (SSSR count). The molecule has 0 radical (unpaired) electrons. The highest BCUT2D eigenvalue weighted by molar-refractivity contribution is 5.92. The summed E-state index contributed by atoms with van der Waals surface area (Å²) in [6.45, 7) is 4.37. The van der Waals surface area contributed by atoms with E-state index in [1.807, 2.05) is 6.92 Å². The average molecular weight is 290 g/mol. The Labute approximate surface area is 124 Å². The Hall–Kier alpha value is -1.69. The second kappa shape index (κ2) is 6.39. The van der Waals surface area contributed by atoms with Crippen LogP contribution in [-0.4, -0.2) is 53.1 Å². The number of hydrogen-bond acceptors (Lipinski definition) is 5. The minimum absolute atomic E-state index is 0.0294. The maximum absolute atomic E-state index is 12.5. The molecule has 2 fully saturated rings. The highest BCUT2D eigenvalue weighted by Gasteiger charge is 2.22. The summed E-state index contributed by atoms with van der Waals surface area (Å²) in [4.78, 5) is 23.1. The van der Waals surface area contributed by atoms with E-state index in [4.69, 9.17) is 4.74 Å². The van der Waals surface area contributed by atoms with Gasteiger partial charge in [0.05, 0.1) is 13.2 Å². The van der Waals surface area contributed by atoms with Crippen molar-refractivity contribution in [3.05, 3.63) is 17.5 Å². The van der Waals surface area contributed by atoms with Gasteiger partial charge in [-0.1, -0.05) is 12.8 Å². The quantitative estimate of drug-likeness (QED) is 0.916. The van der Waals surface area contributed by atoms with E-state index in [0.29, 0.717) is 44.0 Å². The summed E-state index contributed by atoms with van der Waals surface area (Å²) in [5, 5.41) is 3.36. The average Bonchev–Trinajstić information content (AvgIpc) is 2.99. The topological polar surface area (TPSA) is 67.4 Å². The molecule has 114 valence electrons. The summed E-state index contributed by atoms with van der Waals surface area (Å²) in [5.74, 6) is 0.553. The first-order valence-corrected chi connectivity index (χ1v) is 7.71. The molecule has 0 atom stereocenters. The molecule has 2 heterocycles. The number of aryl methyl sites for hydroxylation is 1. The van der Waals surface area contributed by atoms with Gasteiger partial charge in [0.1, 0.15) is 5.69 Å². The van der Waals surface area contributed by atoms with Crippen molar-refractivity contribution in [2.45, 2.75) is 38.6 Å². The number of nitrogens with one attached hydrogen (secondary N) is 1. The molecule has 6 heteroatoms. The summed E-state index contributed by atoms with van der Waals surface area (Å²) in [6, 6.07) is 2.20. The monoisotopic (exact) mass is 290 g/mol. The zero-order valence-corrected chi connectivity index (χ0v) is 12.5. The first kappa shape index (κ1) is 14.3. The van der Waals surface area contributed by atoms with E-state index in [-0.39, 0.29) is 5.91 Å². The Morgan fingerprint density at radius 2 is 2.00 bits per heavy atom. The fraction of sp³-hybridized carbons (Fsp3) is 0.667. The molecule has 1 aliphatic heterocycles. The minimum Gasteiger partial charge on any atom is -0.378 e. The van der Waals surface area contributed by atoms with Crippen LogP contribution in [0.4, 0.5) is 5.95 Å². The van der Waals surface area contributed by atoms with Crippen molar-refractivity contribution in [2.75, 3.05) is 31.6 Å². The molecule has 21 heavy (non-hydrogen) atoms. The molecule has 0 bridgehead atoms. The predicted molar refractivity (Wildman–Crippen MR) is 79.4 cm³/mol. The number of amides is 1. The third-order valence-electron chi connectivity index (χ3n) is 4.06. The van der Waals surface area contributed by atoms with E-state index in [0.717, 1.165) is 18.5 Å². The highest BCUT2D eigenvalue weighted by atomic mass is 16.5. The van der Waals surface area contributed by atoms with Gasteiger partial charge in [-0.25, -0.2) is 9.97 Å². The van der Waals surface area contributed by atoms with Gasteiger partial charge >= 0.3 is 0 Å². The lowest BCUT2D eigenvalue weighted by Gasteiger charge is -2.26. The third kappa shape index (κ3) is 3.50. The Morgan fingerprint density at radius 1 is 1.29 bits per heavy atom. The summed E-state index contributed by atoms with van der Waals surface area (Å²) in [5.41, 5.74) is 1.30. The second-order valence-corrected chi connectivity index (χ2v) is 5.75. The van der Waals surface area contributed by atoms with Gasteiger partial charge < -0.3 is 15.0 Å². The van der Waals surface area contributed by atoms with Crippen LogP contribution in [0, 0.1) is 6.92 Å². The van der Waals surface area contributed by atoms with Crippen LogP contribution < -0.4 is 5.32 Å². The predicted octanol–water partition coefficient (Wildman–Crippen LogP) is 1.61. The molecule has 1 aromatic rings. The van der Waals surface area contributed by atoms with Crippen LogP contribution in [-0.2, 0) is 4.74 Å². The Balaban J connectivity index is 1.74. The van der Waals surface area contributed by atoms with Crippen molar-refractivity contribution in [1.29, 1.82) is 0 Å². The van der Waals surface area contributed by atoms with Crippen molar-refractivity contribution >= 4 is 11.9 Å². The number of carbonyl (C=O) groups excluding carboxylic acids is 1. The molecular weight excluding hydrogens is 268 g/mol. The number of anilines is 1. The van der Waals surface area contributed by atoms with Crippen molar-refractivity contribution in [3.8, 4) is 0 Å². The highest BCUT2D eigenvalue weighted by Crippen LogP contribution is 2.21. The van der Waals surface area contributed by atoms with Gasteiger partial charge in [-0.05, 0) is 25.8 Å². The maximum Gasteiger partial charge on any atom is 0.272 e. The fourth-order valence-corrected chi connectivity index (χ4v) is 2.92. The van der Waals surface area contributed by atoms with Crippen molar-refractivity contribution < 1.29 is 9.53 Å². The maximum atomic E-state index is 12.5. The van der Waals surface area contributed by atoms with Gasteiger partial charge in [-0.3, -0.25) is 4.79 Å². The Morgan fingerprint density at radius 3 is 2.71 bits per heavy atom. The van der Waals surface area contributed by atoms with E-state index in [2.05, 4.69) is 15.3 Å². The van der Waals surface area contributed by atoms with Crippen LogP contribution >= 0.6 is 0 Å². The molecule has 2 aliphatic rings. The SMILES string of the molecule is Cc1cc(C(=O)N2CCOCC2)nc(NC2CCCC2)n1. The van der Waals surface area contributed by atoms with Crippen LogP contribution in [0.25, 0.3) is 0 Å². The molecular formula is C15H22N4O2. The molecule has 1 saturated carbocycles. The number of hydrogen-bond donors (Lipinski definition) is 1. The number of ether oxygens (including phenoxy) is 1. The van der Waals surface area contributed by atoms with Crippen molar-refractivity contribution in [2.24, 2.45) is 0 Å². The number of morpholine rings is 1. The lowest BCUT2D eigenvalue weighted by atomic mass is 10.2. The van der Waals surface area contributed by atoms with Gasteiger partial charge in [-0.15, -0.1) is 0 Å². The number of aromatic nitrogens is 2. The Kier molecular flexibility index (Phi) is 4.34. The van der Waals surface area contributed by atoms with E-state index < -0.39 is 0 Å². The van der Waals surface area contributed by atoms with Crippen LogP contribution in [0.5, 0.6) is 0 Å². The lowest BCUT2D eigenvalue weighted by molar-refractivity contribution is 0.0299. The summed E-state index contributed by atoms with van der Waals surface area (Å²) >= 11 is 0. The molecule has 0 spiro atoms. The smallest absolute Gasteiger partial charge is 0.272 e. The molecule has 1 aromatic heterocycles. The zero-order chi connectivity index (χ0) is 14.7. The van der Waals surface area contributed by atoms with Crippen LogP contribution in [0.1, 0.15) is 41.9 Å². The minimum atomic E-state index is -0.0294. The molecule has 1 N–H and O–H groups in total. The summed E-state index contributed by atoms with van der Waals surface area (Å²) in [7, 11) is 0. The third-order valence-corrected chi connectivity index (χ3v) is 4.06. The second-order valence-electron chi connectivity index (χ2n) is 5.75. The number of rotatable bonds is 3. The van der Waals surface area contributed by atoms with E-state index in [1.165, 1.54) is 12.8 Å². The standard InChI is InChI=1S/C15H22N4O2/c1-11-10-13(14(20)19-6-8-21-9-7-19)18-15(16-11)17-12-4-2-3-5-12/h10,12H,2-9H2,1H3,(H,16,17,18). The van der Waals surface area contributed by atoms with Gasteiger partial charge in [0.25, 0.3) is 5.91 Å². The molecule has 0 unspecified atom stereocenters. The van der Waals surface area contributed by atoms with Gasteiger partial charge in [0.2, 0.25) is 5.95 Å². The normalized spacial score (nSPS) is 19.8. The van der Waals surface area contributed by atoms with E-state index in [1.54, 1.807) is 11.0 Å². The molecule has 1 saturated heterocycles. The summed E-state index contributed by atoms with van der Waals surface area (Å²) in [6.07, 6.45) is 4.82. The number of carbonyl (C=O) groups is 1. The van der Waals surface area contributed by atoms with Crippen LogP contribution in [0.3, 0.4) is 0 Å². The first-order chi connectivity index (χ1) is 10.2. The largest absolute Gasteiger partial charge is 0.378 e. The van der Waals surface area contributed by atoms with Gasteiger partial charge in [0.15, 0.2) is 0 Å². The van der Waals surface area contributed by atoms with Gasteiger partial charge in [0, 0.05) is 24.8 Å². The molecule has 1 amide bonds.